The fraction of sp³-hybridized carbons (Fsp3) is 0.450. The molecule has 1 amide bonds. The highest BCUT2D eigenvalue weighted by molar-refractivity contribution is 6.03. The van der Waals surface area contributed by atoms with Crippen LogP contribution in [-0.2, 0) is 0 Å². The van der Waals surface area contributed by atoms with Crippen LogP contribution in [0.3, 0.4) is 0 Å². The van der Waals surface area contributed by atoms with Crippen LogP contribution in [0.25, 0.3) is 0 Å². The lowest BCUT2D eigenvalue weighted by Gasteiger charge is -2.22. The molecule has 2 aromatic rings. The van der Waals surface area contributed by atoms with Crippen molar-refractivity contribution in [2.24, 2.45) is 0 Å². The number of benzene rings is 1. The van der Waals surface area contributed by atoms with Crippen LogP contribution in [0.5, 0.6) is 11.5 Å². The maximum atomic E-state index is 12.7. The van der Waals surface area contributed by atoms with Gasteiger partial charge in [0.25, 0.3) is 5.91 Å². The fourth-order valence-electron chi connectivity index (χ4n) is 3.24. The summed E-state index contributed by atoms with van der Waals surface area (Å²) in [5.74, 6) is 2.30. The first-order chi connectivity index (χ1) is 13.1. The molecule has 1 aromatic carbocycles. The lowest BCUT2D eigenvalue weighted by Crippen LogP contribution is -2.26. The van der Waals surface area contributed by atoms with Gasteiger partial charge in [0, 0.05) is 30.9 Å². The van der Waals surface area contributed by atoms with E-state index < -0.39 is 0 Å². The van der Waals surface area contributed by atoms with Crippen molar-refractivity contribution in [1.29, 1.82) is 0 Å². The standard InChI is InChI=1S/C20H26N4O3/c1-14-21-16(13-19(22-14)24-10-6-4-5-7-11-24)20(25)23-15-8-9-17(26-2)18(12-15)27-3/h8-9,12-13H,4-7,10-11H2,1-3H3,(H,23,25). The zero-order valence-corrected chi connectivity index (χ0v) is 16.1. The SMILES string of the molecule is COc1ccc(NC(=O)c2cc(N3CCCCCC3)nc(C)n2)cc1OC. The number of nitrogens with one attached hydrogen (secondary N) is 1. The molecule has 0 saturated carbocycles. The molecule has 3 rings (SSSR count). The van der Waals surface area contributed by atoms with Crippen molar-refractivity contribution < 1.29 is 14.3 Å². The van der Waals surface area contributed by atoms with E-state index >= 15 is 0 Å². The molecule has 1 aromatic heterocycles. The molecule has 0 unspecified atom stereocenters. The lowest BCUT2D eigenvalue weighted by atomic mass is 10.2. The molecule has 0 radical (unpaired) electrons. The number of aromatic nitrogens is 2. The average molecular weight is 370 g/mol. The van der Waals surface area contributed by atoms with E-state index in [0.29, 0.717) is 28.7 Å². The number of hydrogen-bond donors (Lipinski definition) is 1. The molecule has 1 aliphatic heterocycles. The Bertz CT molecular complexity index is 802. The summed E-state index contributed by atoms with van der Waals surface area (Å²) in [5, 5.41) is 2.87. The monoisotopic (exact) mass is 370 g/mol. The molecule has 27 heavy (non-hydrogen) atoms. The summed E-state index contributed by atoms with van der Waals surface area (Å²) in [6, 6.07) is 7.01. The Morgan fingerprint density at radius 2 is 1.70 bits per heavy atom. The second kappa shape index (κ2) is 8.70. The van der Waals surface area contributed by atoms with Gasteiger partial charge in [0.1, 0.15) is 17.3 Å². The number of nitrogens with zero attached hydrogens (tertiary/aromatic N) is 3. The van der Waals surface area contributed by atoms with E-state index in [1.165, 1.54) is 12.8 Å². The van der Waals surface area contributed by atoms with Crippen LogP contribution in [0, 0.1) is 6.92 Å². The molecule has 1 saturated heterocycles. The first kappa shape index (κ1) is 18.9. The highest BCUT2D eigenvalue weighted by atomic mass is 16.5. The predicted octanol–water partition coefficient (Wildman–Crippen LogP) is 3.43. The third-order valence-corrected chi connectivity index (χ3v) is 4.63. The smallest absolute Gasteiger partial charge is 0.274 e. The Hall–Kier alpha value is -2.83. The van der Waals surface area contributed by atoms with Gasteiger partial charge in [-0.15, -0.1) is 0 Å². The number of ether oxygens (including phenoxy) is 2. The van der Waals surface area contributed by atoms with Gasteiger partial charge in [-0.25, -0.2) is 9.97 Å². The van der Waals surface area contributed by atoms with Gasteiger partial charge in [0.15, 0.2) is 11.5 Å². The summed E-state index contributed by atoms with van der Waals surface area (Å²) < 4.78 is 10.5. The van der Waals surface area contributed by atoms with E-state index in [0.717, 1.165) is 31.7 Å². The third-order valence-electron chi connectivity index (χ3n) is 4.63. The normalized spacial score (nSPS) is 14.4. The Morgan fingerprint density at radius 1 is 1.00 bits per heavy atom. The summed E-state index contributed by atoms with van der Waals surface area (Å²) >= 11 is 0. The fourth-order valence-corrected chi connectivity index (χ4v) is 3.24. The van der Waals surface area contributed by atoms with Crippen molar-refractivity contribution >= 4 is 17.4 Å². The molecule has 0 bridgehead atoms. The molecule has 0 spiro atoms. The van der Waals surface area contributed by atoms with Crippen LogP contribution in [0.1, 0.15) is 42.0 Å². The van der Waals surface area contributed by atoms with E-state index in [-0.39, 0.29) is 5.91 Å². The topological polar surface area (TPSA) is 76.6 Å². The van der Waals surface area contributed by atoms with Gasteiger partial charge < -0.3 is 19.7 Å². The molecular formula is C20H26N4O3. The molecule has 0 aliphatic carbocycles. The molecule has 0 atom stereocenters. The highest BCUT2D eigenvalue weighted by Crippen LogP contribution is 2.30. The summed E-state index contributed by atoms with van der Waals surface area (Å²) in [4.78, 5) is 23.8. The number of amides is 1. The minimum atomic E-state index is -0.274. The van der Waals surface area contributed by atoms with E-state index in [4.69, 9.17) is 9.47 Å². The maximum Gasteiger partial charge on any atom is 0.274 e. The van der Waals surface area contributed by atoms with Crippen LogP contribution < -0.4 is 19.7 Å². The van der Waals surface area contributed by atoms with Crippen LogP contribution in [0.4, 0.5) is 11.5 Å². The average Bonchev–Trinajstić information content (AvgIpc) is 2.97. The Balaban J connectivity index is 1.80. The summed E-state index contributed by atoms with van der Waals surface area (Å²) in [6.45, 7) is 3.74. The third kappa shape index (κ3) is 4.67. The van der Waals surface area contributed by atoms with Crippen molar-refractivity contribution in [3.63, 3.8) is 0 Å². The summed E-state index contributed by atoms with van der Waals surface area (Å²) in [5.41, 5.74) is 0.974. The van der Waals surface area contributed by atoms with Gasteiger partial charge in [-0.2, -0.15) is 0 Å². The summed E-state index contributed by atoms with van der Waals surface area (Å²) in [7, 11) is 3.13. The molecule has 1 N–H and O–H groups in total. The second-order valence-corrected chi connectivity index (χ2v) is 6.58. The van der Waals surface area contributed by atoms with Crippen molar-refractivity contribution in [2.75, 3.05) is 37.5 Å². The number of methoxy groups -OCH3 is 2. The van der Waals surface area contributed by atoms with Gasteiger partial charge in [-0.05, 0) is 31.9 Å². The van der Waals surface area contributed by atoms with Crippen molar-refractivity contribution in [2.45, 2.75) is 32.6 Å². The predicted molar refractivity (Wildman–Crippen MR) is 105 cm³/mol. The second-order valence-electron chi connectivity index (χ2n) is 6.58. The van der Waals surface area contributed by atoms with Crippen LogP contribution in [0.2, 0.25) is 0 Å². The first-order valence-electron chi connectivity index (χ1n) is 9.24. The molecule has 144 valence electrons. The minimum absolute atomic E-state index is 0.274. The largest absolute Gasteiger partial charge is 0.493 e. The van der Waals surface area contributed by atoms with E-state index in [9.17, 15) is 4.79 Å². The van der Waals surface area contributed by atoms with Gasteiger partial charge in [0.2, 0.25) is 0 Å². The zero-order chi connectivity index (χ0) is 19.2. The zero-order valence-electron chi connectivity index (χ0n) is 16.1. The minimum Gasteiger partial charge on any atom is -0.493 e. The molecule has 2 heterocycles. The molecular weight excluding hydrogens is 344 g/mol. The molecule has 7 heteroatoms. The van der Waals surface area contributed by atoms with Crippen molar-refractivity contribution in [3.8, 4) is 11.5 Å². The van der Waals surface area contributed by atoms with Crippen LogP contribution in [0.15, 0.2) is 24.3 Å². The van der Waals surface area contributed by atoms with Crippen molar-refractivity contribution in [1.82, 2.24) is 9.97 Å². The number of anilines is 2. The quantitative estimate of drug-likeness (QED) is 0.869. The van der Waals surface area contributed by atoms with Gasteiger partial charge in [0.05, 0.1) is 14.2 Å². The molecule has 1 fully saturated rings. The Kier molecular flexibility index (Phi) is 6.11. The maximum absolute atomic E-state index is 12.7. The van der Waals surface area contributed by atoms with Crippen LogP contribution >= 0.6 is 0 Å². The van der Waals surface area contributed by atoms with Gasteiger partial charge in [-0.3, -0.25) is 4.79 Å². The Morgan fingerprint density at radius 3 is 2.37 bits per heavy atom. The summed E-state index contributed by atoms with van der Waals surface area (Å²) in [6.07, 6.45) is 4.78. The van der Waals surface area contributed by atoms with Crippen molar-refractivity contribution in [3.05, 3.63) is 35.8 Å². The number of carbonyl (C=O) groups is 1. The van der Waals surface area contributed by atoms with E-state index in [1.54, 1.807) is 38.5 Å². The first-order valence-corrected chi connectivity index (χ1v) is 9.24. The Labute approximate surface area is 159 Å². The number of aryl methyl sites for hydroxylation is 1. The van der Waals surface area contributed by atoms with Gasteiger partial charge in [-0.1, -0.05) is 12.8 Å². The number of hydrogen-bond acceptors (Lipinski definition) is 6. The van der Waals surface area contributed by atoms with Gasteiger partial charge >= 0.3 is 0 Å². The lowest BCUT2D eigenvalue weighted by molar-refractivity contribution is 0.102. The molecule has 7 nitrogen and oxygen atoms in total. The van der Waals surface area contributed by atoms with E-state index in [2.05, 4.69) is 20.2 Å². The van der Waals surface area contributed by atoms with Crippen LogP contribution in [-0.4, -0.2) is 43.2 Å². The van der Waals surface area contributed by atoms with E-state index in [1.807, 2.05) is 6.92 Å². The number of carbonyl (C=O) groups excluding carboxylic acids is 1. The highest BCUT2D eigenvalue weighted by Gasteiger charge is 2.17. The molecule has 1 aliphatic rings. The number of rotatable bonds is 5.